The van der Waals surface area contributed by atoms with Gasteiger partial charge in [0.1, 0.15) is 0 Å². The van der Waals surface area contributed by atoms with Gasteiger partial charge < -0.3 is 14.8 Å². The fourth-order valence-corrected chi connectivity index (χ4v) is 4.74. The minimum atomic E-state index is -2.60. The van der Waals surface area contributed by atoms with Crippen LogP contribution in [0.3, 0.4) is 0 Å². The van der Waals surface area contributed by atoms with Gasteiger partial charge in [-0.15, -0.1) is 0 Å². The highest BCUT2D eigenvalue weighted by Gasteiger charge is 2.29. The molecule has 0 aliphatic carbocycles. The van der Waals surface area contributed by atoms with Gasteiger partial charge in [-0.1, -0.05) is 45.5 Å². The van der Waals surface area contributed by atoms with E-state index in [1.54, 1.807) is 4.90 Å². The van der Waals surface area contributed by atoms with Crippen molar-refractivity contribution in [2.75, 3.05) is 11.9 Å². The van der Waals surface area contributed by atoms with E-state index in [1.807, 2.05) is 22.8 Å². The number of rotatable bonds is 9. The fraction of sp³-hybridized carbons (Fsp3) is 0.433. The molecule has 1 fully saturated rings. The predicted molar refractivity (Wildman–Crippen MR) is 150 cm³/mol. The Kier molecular flexibility index (Phi) is 8.49. The number of carbonyl (C=O) groups is 2. The first-order valence-electron chi connectivity index (χ1n) is 13.3. The van der Waals surface area contributed by atoms with E-state index in [2.05, 4.69) is 44.9 Å². The summed E-state index contributed by atoms with van der Waals surface area (Å²) in [5.74, 6) is -0.217. The zero-order chi connectivity index (χ0) is 28.3. The zero-order valence-corrected chi connectivity index (χ0v) is 23.0. The maximum atomic E-state index is 13.1. The maximum Gasteiger partial charge on any atom is 0.263 e. The van der Waals surface area contributed by atoms with Gasteiger partial charge in [-0.2, -0.15) is 0 Å². The summed E-state index contributed by atoms with van der Waals surface area (Å²) in [6.07, 6.45) is 0.438. The quantitative estimate of drug-likeness (QED) is 0.332. The summed E-state index contributed by atoms with van der Waals surface area (Å²) in [6.45, 7) is 14.1. The third-order valence-electron chi connectivity index (χ3n) is 7.60. The molecule has 2 N–H and O–H groups in total. The summed E-state index contributed by atoms with van der Waals surface area (Å²) in [7, 11) is 0. The highest BCUT2D eigenvalue weighted by molar-refractivity contribution is 6.04. The summed E-state index contributed by atoms with van der Waals surface area (Å²) < 4.78 is 27.9. The summed E-state index contributed by atoms with van der Waals surface area (Å²) in [6, 6.07) is 11.5. The fourth-order valence-electron chi connectivity index (χ4n) is 4.74. The second-order valence-corrected chi connectivity index (χ2v) is 11.2. The van der Waals surface area contributed by atoms with E-state index in [4.69, 9.17) is 4.98 Å². The number of halogens is 2. The molecule has 3 aromatic rings. The molecule has 2 aromatic carbocycles. The lowest BCUT2D eigenvalue weighted by atomic mass is 9.88. The average molecular weight is 538 g/mol. The van der Waals surface area contributed by atoms with Crippen molar-refractivity contribution in [3.8, 4) is 0 Å². The van der Waals surface area contributed by atoms with E-state index >= 15 is 0 Å². The van der Waals surface area contributed by atoms with Crippen molar-refractivity contribution in [2.24, 2.45) is 5.41 Å². The van der Waals surface area contributed by atoms with Crippen LogP contribution in [0.25, 0.3) is 11.0 Å². The van der Waals surface area contributed by atoms with Crippen LogP contribution in [0.15, 0.2) is 55.1 Å². The van der Waals surface area contributed by atoms with Crippen molar-refractivity contribution in [2.45, 2.75) is 72.1 Å². The van der Waals surface area contributed by atoms with Crippen molar-refractivity contribution < 1.29 is 18.4 Å². The normalized spacial score (nSPS) is 16.6. The monoisotopic (exact) mass is 537 g/mol. The Hall–Kier alpha value is -3.59. The number of likely N-dealkylation sites (tertiary alicyclic amines) is 1. The van der Waals surface area contributed by atoms with E-state index in [0.717, 1.165) is 29.4 Å². The number of nitrogens with zero attached hydrogens (tertiary/aromatic N) is 3. The van der Waals surface area contributed by atoms with Crippen molar-refractivity contribution >= 4 is 28.8 Å². The minimum Gasteiger partial charge on any atom is -0.334 e. The highest BCUT2D eigenvalue weighted by Crippen LogP contribution is 2.27. The molecule has 1 aliphatic rings. The molecule has 39 heavy (non-hydrogen) atoms. The van der Waals surface area contributed by atoms with Crippen LogP contribution in [0.2, 0.25) is 0 Å². The van der Waals surface area contributed by atoms with Gasteiger partial charge in [0, 0.05) is 36.8 Å². The van der Waals surface area contributed by atoms with Gasteiger partial charge in [-0.3, -0.25) is 14.9 Å². The molecule has 1 aromatic heterocycles. The lowest BCUT2D eigenvalue weighted by molar-refractivity contribution is -0.126. The molecule has 2 amide bonds. The largest absolute Gasteiger partial charge is 0.334 e. The number of aromatic nitrogens is 2. The first-order valence-corrected chi connectivity index (χ1v) is 13.3. The molecule has 9 heteroatoms. The smallest absolute Gasteiger partial charge is 0.263 e. The molecular formula is C30H37F2N5O2. The number of carbonyl (C=O) groups excluding carboxylic acids is 2. The number of benzene rings is 2. The van der Waals surface area contributed by atoms with Crippen molar-refractivity contribution in [3.63, 3.8) is 0 Å². The molecule has 0 saturated carbocycles. The Morgan fingerprint density at radius 1 is 1.18 bits per heavy atom. The Morgan fingerprint density at radius 2 is 1.90 bits per heavy atom. The van der Waals surface area contributed by atoms with Gasteiger partial charge in [-0.25, -0.2) is 13.8 Å². The first-order chi connectivity index (χ1) is 18.5. The number of fused-ring (bicyclic) bond motifs is 1. The van der Waals surface area contributed by atoms with E-state index in [-0.39, 0.29) is 28.5 Å². The SMILES string of the molecule is C=CC(=O)N1CCCC1Cn1c(NC(=O)c2ccc(C(F)F)cc2)nc2cc(CN[C@@H](C)C(C)(C)C)ccc21. The van der Waals surface area contributed by atoms with E-state index in [1.165, 1.54) is 30.3 Å². The molecule has 4 rings (SSSR count). The third kappa shape index (κ3) is 6.53. The third-order valence-corrected chi connectivity index (χ3v) is 7.60. The van der Waals surface area contributed by atoms with Crippen LogP contribution in [0.1, 0.15) is 68.4 Å². The molecule has 1 aliphatic heterocycles. The number of anilines is 1. The van der Waals surface area contributed by atoms with Crippen LogP contribution in [0.5, 0.6) is 0 Å². The molecule has 7 nitrogen and oxygen atoms in total. The van der Waals surface area contributed by atoms with E-state index in [9.17, 15) is 18.4 Å². The summed E-state index contributed by atoms with van der Waals surface area (Å²) >= 11 is 0. The number of hydrogen-bond acceptors (Lipinski definition) is 4. The van der Waals surface area contributed by atoms with Crippen LogP contribution in [-0.2, 0) is 17.9 Å². The summed E-state index contributed by atoms with van der Waals surface area (Å²) in [4.78, 5) is 32.1. The molecule has 2 atom stereocenters. The zero-order valence-electron chi connectivity index (χ0n) is 23.0. The Morgan fingerprint density at radius 3 is 2.54 bits per heavy atom. The van der Waals surface area contributed by atoms with Gasteiger partial charge in [0.25, 0.3) is 12.3 Å². The molecular weight excluding hydrogens is 500 g/mol. The van der Waals surface area contributed by atoms with E-state index in [0.29, 0.717) is 31.6 Å². The number of nitrogens with one attached hydrogen (secondary N) is 2. The summed E-state index contributed by atoms with van der Waals surface area (Å²) in [5, 5.41) is 6.44. The second-order valence-electron chi connectivity index (χ2n) is 11.2. The van der Waals surface area contributed by atoms with Crippen molar-refractivity contribution in [1.29, 1.82) is 0 Å². The Balaban J connectivity index is 1.64. The van der Waals surface area contributed by atoms with Crippen LogP contribution in [0, 0.1) is 5.41 Å². The average Bonchev–Trinajstić information content (AvgIpc) is 3.50. The minimum absolute atomic E-state index is 0.0668. The molecule has 0 radical (unpaired) electrons. The second kappa shape index (κ2) is 11.7. The predicted octanol–water partition coefficient (Wildman–Crippen LogP) is 5.93. The van der Waals surface area contributed by atoms with Crippen molar-refractivity contribution in [3.05, 3.63) is 71.8 Å². The van der Waals surface area contributed by atoms with Crippen LogP contribution in [-0.4, -0.2) is 44.9 Å². The molecule has 2 heterocycles. The summed E-state index contributed by atoms with van der Waals surface area (Å²) in [5.41, 5.74) is 2.85. The molecule has 0 spiro atoms. The number of hydrogen-bond donors (Lipinski definition) is 2. The van der Waals surface area contributed by atoms with Crippen LogP contribution < -0.4 is 10.6 Å². The van der Waals surface area contributed by atoms with Crippen LogP contribution >= 0.6 is 0 Å². The number of imidazole rings is 1. The highest BCUT2D eigenvalue weighted by atomic mass is 19.3. The molecule has 1 unspecified atom stereocenters. The molecule has 0 bridgehead atoms. The lowest BCUT2D eigenvalue weighted by Crippen LogP contribution is -2.37. The molecule has 1 saturated heterocycles. The van der Waals surface area contributed by atoms with Crippen molar-refractivity contribution in [1.82, 2.24) is 19.8 Å². The van der Waals surface area contributed by atoms with Gasteiger partial charge in [0.05, 0.1) is 17.1 Å². The standard InChI is InChI=1S/C30H37F2N5O2/c1-6-26(38)36-15-7-8-23(36)18-37-25-14-9-20(17-33-19(2)30(3,4)5)16-24(25)34-29(37)35-28(39)22-12-10-21(11-13-22)27(31)32/h6,9-14,16,19,23,27,33H,1,7-8,15,17-18H2,2-5H3,(H,34,35,39)/t19-,23?/m0/s1. The number of amides is 2. The Labute approximate surface area is 228 Å². The maximum absolute atomic E-state index is 13.1. The van der Waals surface area contributed by atoms with Crippen LogP contribution in [0.4, 0.5) is 14.7 Å². The van der Waals surface area contributed by atoms with Gasteiger partial charge in [0.2, 0.25) is 11.9 Å². The topological polar surface area (TPSA) is 79.3 Å². The van der Waals surface area contributed by atoms with Gasteiger partial charge >= 0.3 is 0 Å². The number of alkyl halides is 2. The Bertz CT molecular complexity index is 1340. The van der Waals surface area contributed by atoms with E-state index < -0.39 is 12.3 Å². The van der Waals surface area contributed by atoms with Gasteiger partial charge in [-0.05, 0) is 61.1 Å². The molecule has 208 valence electrons. The lowest BCUT2D eigenvalue weighted by Gasteiger charge is -2.28. The van der Waals surface area contributed by atoms with Gasteiger partial charge in [0.15, 0.2) is 0 Å². The first kappa shape index (κ1) is 28.4.